The van der Waals surface area contributed by atoms with Crippen LogP contribution in [0, 0.1) is 0 Å². The zero-order valence-corrected chi connectivity index (χ0v) is 6.29. The largest absolute Gasteiger partial charge is 0.399 e. The SMILES string of the molecule is NC1=CCC(N)(CC=O)C=C1. The number of nitrogens with two attached hydrogens (primary N) is 2. The van der Waals surface area contributed by atoms with E-state index in [0.29, 0.717) is 12.8 Å². The van der Waals surface area contributed by atoms with Crippen LogP contribution in [0.25, 0.3) is 0 Å². The van der Waals surface area contributed by atoms with E-state index in [9.17, 15) is 4.79 Å². The van der Waals surface area contributed by atoms with Crippen molar-refractivity contribution in [3.05, 3.63) is 23.9 Å². The Hall–Kier alpha value is -1.09. The Morgan fingerprint density at radius 1 is 1.73 bits per heavy atom. The van der Waals surface area contributed by atoms with Gasteiger partial charge in [0.05, 0.1) is 0 Å². The molecule has 1 aliphatic carbocycles. The molecule has 0 bridgehead atoms. The van der Waals surface area contributed by atoms with Crippen LogP contribution in [0.15, 0.2) is 23.9 Å². The molecule has 0 aliphatic heterocycles. The van der Waals surface area contributed by atoms with Crippen LogP contribution < -0.4 is 11.5 Å². The fourth-order valence-electron chi connectivity index (χ4n) is 1.01. The molecule has 0 heterocycles. The first-order chi connectivity index (χ1) is 5.16. The van der Waals surface area contributed by atoms with E-state index in [1.165, 1.54) is 0 Å². The van der Waals surface area contributed by atoms with Crippen molar-refractivity contribution >= 4 is 6.29 Å². The molecule has 1 unspecified atom stereocenters. The number of allylic oxidation sites excluding steroid dienone is 1. The Kier molecular flexibility index (Phi) is 2.10. The number of carbonyl (C=O) groups is 1. The van der Waals surface area contributed by atoms with Crippen molar-refractivity contribution in [3.63, 3.8) is 0 Å². The van der Waals surface area contributed by atoms with E-state index in [4.69, 9.17) is 11.5 Å². The molecule has 1 aliphatic rings. The Bertz CT molecular complexity index is 220. The maximum absolute atomic E-state index is 10.2. The molecule has 0 aromatic rings. The van der Waals surface area contributed by atoms with Gasteiger partial charge in [-0.05, 0) is 12.5 Å². The number of rotatable bonds is 2. The molecule has 4 N–H and O–H groups in total. The molecule has 60 valence electrons. The Morgan fingerprint density at radius 3 is 2.91 bits per heavy atom. The summed E-state index contributed by atoms with van der Waals surface area (Å²) in [5.41, 5.74) is 11.5. The van der Waals surface area contributed by atoms with Crippen molar-refractivity contribution < 1.29 is 4.79 Å². The van der Waals surface area contributed by atoms with E-state index < -0.39 is 5.54 Å². The Labute approximate surface area is 65.8 Å². The van der Waals surface area contributed by atoms with Crippen LogP contribution in [0.4, 0.5) is 0 Å². The molecule has 0 aromatic carbocycles. The van der Waals surface area contributed by atoms with Gasteiger partial charge >= 0.3 is 0 Å². The average Bonchev–Trinajstić information content (AvgIpc) is 1.97. The molecule has 0 radical (unpaired) electrons. The van der Waals surface area contributed by atoms with Gasteiger partial charge in [0, 0.05) is 17.7 Å². The molecule has 0 aromatic heterocycles. The van der Waals surface area contributed by atoms with E-state index in [1.54, 1.807) is 12.2 Å². The Balaban J connectivity index is 2.65. The van der Waals surface area contributed by atoms with Gasteiger partial charge in [0.1, 0.15) is 6.29 Å². The summed E-state index contributed by atoms with van der Waals surface area (Å²) in [5, 5.41) is 0. The van der Waals surface area contributed by atoms with Crippen molar-refractivity contribution in [1.29, 1.82) is 0 Å². The standard InChI is InChI=1S/C8H12N2O/c9-7-1-3-8(10,4-2-7)5-6-11/h1-3,6H,4-5,9-10H2. The first-order valence-electron chi connectivity index (χ1n) is 3.54. The van der Waals surface area contributed by atoms with Gasteiger partial charge in [0.15, 0.2) is 0 Å². The molecule has 0 saturated heterocycles. The molecular formula is C8H12N2O. The van der Waals surface area contributed by atoms with Crippen LogP contribution in [0.5, 0.6) is 0 Å². The monoisotopic (exact) mass is 152 g/mol. The summed E-state index contributed by atoms with van der Waals surface area (Å²) >= 11 is 0. The van der Waals surface area contributed by atoms with Crippen molar-refractivity contribution in [2.24, 2.45) is 11.5 Å². The normalized spacial score (nSPS) is 29.7. The topological polar surface area (TPSA) is 69.1 Å². The van der Waals surface area contributed by atoms with E-state index in [2.05, 4.69) is 0 Å². The van der Waals surface area contributed by atoms with Crippen LogP contribution >= 0.6 is 0 Å². The zero-order valence-electron chi connectivity index (χ0n) is 6.29. The van der Waals surface area contributed by atoms with E-state index in [-0.39, 0.29) is 0 Å². The smallest absolute Gasteiger partial charge is 0.122 e. The van der Waals surface area contributed by atoms with Gasteiger partial charge in [-0.15, -0.1) is 0 Å². The minimum Gasteiger partial charge on any atom is -0.399 e. The highest BCUT2D eigenvalue weighted by Crippen LogP contribution is 2.18. The molecule has 0 spiro atoms. The molecular weight excluding hydrogens is 140 g/mol. The third kappa shape index (κ3) is 1.91. The quantitative estimate of drug-likeness (QED) is 0.550. The number of aldehydes is 1. The second-order valence-electron chi connectivity index (χ2n) is 2.85. The minimum absolute atomic E-state index is 0.354. The van der Waals surface area contributed by atoms with Crippen molar-refractivity contribution in [1.82, 2.24) is 0 Å². The highest BCUT2D eigenvalue weighted by Gasteiger charge is 2.21. The summed E-state index contributed by atoms with van der Waals surface area (Å²) in [6, 6.07) is 0. The molecule has 11 heavy (non-hydrogen) atoms. The summed E-state index contributed by atoms with van der Waals surface area (Å²) in [6.45, 7) is 0. The highest BCUT2D eigenvalue weighted by molar-refractivity contribution is 5.53. The fraction of sp³-hybridized carbons (Fsp3) is 0.375. The van der Waals surface area contributed by atoms with Gasteiger partial charge < -0.3 is 16.3 Å². The maximum atomic E-state index is 10.2. The molecule has 0 saturated carbocycles. The maximum Gasteiger partial charge on any atom is 0.122 e. The second-order valence-corrected chi connectivity index (χ2v) is 2.85. The summed E-state index contributed by atoms with van der Waals surface area (Å²) in [4.78, 5) is 10.2. The first kappa shape index (κ1) is 8.01. The van der Waals surface area contributed by atoms with E-state index >= 15 is 0 Å². The van der Waals surface area contributed by atoms with Gasteiger partial charge in [-0.1, -0.05) is 12.2 Å². The van der Waals surface area contributed by atoms with Crippen molar-refractivity contribution in [2.45, 2.75) is 18.4 Å². The lowest BCUT2D eigenvalue weighted by atomic mass is 9.89. The number of hydrogen-bond acceptors (Lipinski definition) is 3. The first-order valence-corrected chi connectivity index (χ1v) is 3.54. The van der Waals surface area contributed by atoms with Crippen LogP contribution in [0.2, 0.25) is 0 Å². The lowest BCUT2D eigenvalue weighted by molar-refractivity contribution is -0.108. The van der Waals surface area contributed by atoms with Crippen LogP contribution in [0.3, 0.4) is 0 Å². The van der Waals surface area contributed by atoms with Gasteiger partial charge in [0.2, 0.25) is 0 Å². The summed E-state index contributed by atoms with van der Waals surface area (Å²) in [6.07, 6.45) is 7.20. The molecule has 0 amide bonds. The zero-order chi connectivity index (χ0) is 8.32. The van der Waals surface area contributed by atoms with Gasteiger partial charge in [0.25, 0.3) is 0 Å². The third-order valence-corrected chi connectivity index (χ3v) is 1.79. The average molecular weight is 152 g/mol. The Morgan fingerprint density at radius 2 is 2.45 bits per heavy atom. The molecule has 3 nitrogen and oxygen atoms in total. The number of carbonyl (C=O) groups excluding carboxylic acids is 1. The lowest BCUT2D eigenvalue weighted by Gasteiger charge is -2.24. The fourth-order valence-corrected chi connectivity index (χ4v) is 1.01. The third-order valence-electron chi connectivity index (χ3n) is 1.79. The van der Waals surface area contributed by atoms with Crippen LogP contribution in [0.1, 0.15) is 12.8 Å². The van der Waals surface area contributed by atoms with Gasteiger partial charge in [-0.2, -0.15) is 0 Å². The molecule has 3 heteroatoms. The second kappa shape index (κ2) is 2.88. The molecule has 0 fully saturated rings. The van der Waals surface area contributed by atoms with Gasteiger partial charge in [-0.25, -0.2) is 0 Å². The van der Waals surface area contributed by atoms with E-state index in [0.717, 1.165) is 12.0 Å². The van der Waals surface area contributed by atoms with Crippen molar-refractivity contribution in [2.75, 3.05) is 0 Å². The van der Waals surface area contributed by atoms with Crippen LogP contribution in [-0.2, 0) is 4.79 Å². The minimum atomic E-state index is -0.495. The van der Waals surface area contributed by atoms with Gasteiger partial charge in [-0.3, -0.25) is 0 Å². The summed E-state index contributed by atoms with van der Waals surface area (Å²) in [5.74, 6) is 0. The highest BCUT2D eigenvalue weighted by atomic mass is 16.1. The predicted octanol–water partition coefficient (Wildman–Crippen LogP) is 0.0754. The van der Waals surface area contributed by atoms with E-state index in [1.807, 2.05) is 6.08 Å². The summed E-state index contributed by atoms with van der Waals surface area (Å²) < 4.78 is 0. The van der Waals surface area contributed by atoms with Crippen LogP contribution in [-0.4, -0.2) is 11.8 Å². The van der Waals surface area contributed by atoms with Crippen molar-refractivity contribution in [3.8, 4) is 0 Å². The summed E-state index contributed by atoms with van der Waals surface area (Å²) in [7, 11) is 0. The lowest BCUT2D eigenvalue weighted by Crippen LogP contribution is -2.38. The molecule has 1 rings (SSSR count). The molecule has 1 atom stereocenters. The predicted molar refractivity (Wildman–Crippen MR) is 43.6 cm³/mol. The number of hydrogen-bond donors (Lipinski definition) is 2.